The van der Waals surface area contributed by atoms with Gasteiger partial charge in [-0.05, 0) is 56.3 Å². The maximum Gasteiger partial charge on any atom is 0.118 e. The van der Waals surface area contributed by atoms with Crippen LogP contribution in [-0.2, 0) is 0 Å². The van der Waals surface area contributed by atoms with Crippen LogP contribution in [0.4, 0.5) is 0 Å². The fourth-order valence-corrected chi connectivity index (χ4v) is 3.83. The molecule has 1 nitrogen and oxygen atoms in total. The van der Waals surface area contributed by atoms with Gasteiger partial charge in [0.15, 0.2) is 0 Å². The van der Waals surface area contributed by atoms with E-state index in [9.17, 15) is 0 Å². The third kappa shape index (κ3) is 1.75. The van der Waals surface area contributed by atoms with Crippen molar-refractivity contribution in [3.63, 3.8) is 0 Å². The Hall–Kier alpha value is -3.06. The summed E-state index contributed by atoms with van der Waals surface area (Å²) in [6.07, 6.45) is 0. The molecule has 0 spiro atoms. The second kappa shape index (κ2) is 4.97. The first-order valence-electron chi connectivity index (χ1n) is 8.17. The van der Waals surface area contributed by atoms with E-state index in [-0.39, 0.29) is 0 Å². The molecule has 0 aromatic heterocycles. The van der Waals surface area contributed by atoms with E-state index in [4.69, 9.17) is 4.74 Å². The average molecular weight is 308 g/mol. The van der Waals surface area contributed by atoms with Crippen molar-refractivity contribution in [2.24, 2.45) is 0 Å². The van der Waals surface area contributed by atoms with Crippen LogP contribution in [0.5, 0.6) is 5.75 Å². The van der Waals surface area contributed by atoms with Gasteiger partial charge in [-0.3, -0.25) is 0 Å². The third-order valence-corrected chi connectivity index (χ3v) is 4.95. The van der Waals surface area contributed by atoms with Crippen LogP contribution < -0.4 is 4.74 Å². The molecule has 0 bridgehead atoms. The van der Waals surface area contributed by atoms with Gasteiger partial charge >= 0.3 is 0 Å². The first-order valence-corrected chi connectivity index (χ1v) is 8.17. The quantitative estimate of drug-likeness (QED) is 0.379. The van der Waals surface area contributed by atoms with Gasteiger partial charge in [0.1, 0.15) is 5.75 Å². The van der Waals surface area contributed by atoms with E-state index in [0.717, 1.165) is 5.75 Å². The lowest BCUT2D eigenvalue weighted by molar-refractivity contribution is 0.415. The highest BCUT2D eigenvalue weighted by molar-refractivity contribution is 6.18. The molecule has 0 atom stereocenters. The molecule has 0 saturated heterocycles. The number of hydrogen-bond donors (Lipinski definition) is 0. The molecular formula is C23H16O. The molecule has 0 N–H and O–H groups in total. The Morgan fingerprint density at radius 2 is 1.17 bits per heavy atom. The average Bonchev–Trinajstić information content (AvgIpc) is 2.99. The molecule has 0 heterocycles. The molecule has 0 radical (unpaired) electrons. The molecule has 0 aliphatic heterocycles. The van der Waals surface area contributed by atoms with Crippen LogP contribution in [0.2, 0.25) is 0 Å². The Morgan fingerprint density at radius 1 is 0.542 bits per heavy atom. The molecular weight excluding hydrogens is 292 g/mol. The molecule has 4 aromatic rings. The predicted octanol–water partition coefficient (Wildman–Crippen LogP) is 6.16. The Balaban J connectivity index is 1.81. The Bertz CT molecular complexity index is 1050. The minimum absolute atomic E-state index is 0.886. The minimum atomic E-state index is 0.886. The van der Waals surface area contributed by atoms with Crippen molar-refractivity contribution in [1.29, 1.82) is 0 Å². The Morgan fingerprint density at radius 3 is 1.88 bits per heavy atom. The van der Waals surface area contributed by atoms with Crippen molar-refractivity contribution >= 4 is 10.8 Å². The zero-order valence-corrected chi connectivity index (χ0v) is 13.4. The SMILES string of the molecule is COc1ccc(-c2ccc3c4c(cccc24)-c2ccccc2-3)cc1. The van der Waals surface area contributed by atoms with Crippen LogP contribution in [0.15, 0.2) is 78.9 Å². The number of hydrogen-bond acceptors (Lipinski definition) is 1. The van der Waals surface area contributed by atoms with E-state index in [2.05, 4.69) is 66.7 Å². The molecule has 5 rings (SSSR count). The summed E-state index contributed by atoms with van der Waals surface area (Å²) in [5.74, 6) is 0.886. The van der Waals surface area contributed by atoms with E-state index in [1.807, 2.05) is 12.1 Å². The van der Waals surface area contributed by atoms with Crippen LogP contribution in [0.3, 0.4) is 0 Å². The lowest BCUT2D eigenvalue weighted by Crippen LogP contribution is -1.85. The van der Waals surface area contributed by atoms with Gasteiger partial charge in [0.25, 0.3) is 0 Å². The maximum absolute atomic E-state index is 5.28. The van der Waals surface area contributed by atoms with Gasteiger partial charge < -0.3 is 4.74 Å². The smallest absolute Gasteiger partial charge is 0.118 e. The van der Waals surface area contributed by atoms with Crippen molar-refractivity contribution in [3.05, 3.63) is 78.9 Å². The summed E-state index contributed by atoms with van der Waals surface area (Å²) in [6, 6.07) is 28.1. The molecule has 24 heavy (non-hydrogen) atoms. The van der Waals surface area contributed by atoms with Gasteiger partial charge in [-0.15, -0.1) is 0 Å². The molecule has 1 heteroatoms. The predicted molar refractivity (Wildman–Crippen MR) is 100 cm³/mol. The molecule has 4 aromatic carbocycles. The van der Waals surface area contributed by atoms with Gasteiger partial charge in [0.05, 0.1) is 7.11 Å². The first-order chi connectivity index (χ1) is 11.9. The zero-order valence-electron chi connectivity index (χ0n) is 13.4. The Labute approximate surface area is 141 Å². The van der Waals surface area contributed by atoms with Gasteiger partial charge in [0, 0.05) is 0 Å². The third-order valence-electron chi connectivity index (χ3n) is 4.95. The summed E-state index contributed by atoms with van der Waals surface area (Å²) >= 11 is 0. The fraction of sp³-hybridized carbons (Fsp3) is 0.0435. The van der Waals surface area contributed by atoms with E-state index >= 15 is 0 Å². The van der Waals surface area contributed by atoms with Crippen molar-refractivity contribution in [2.45, 2.75) is 0 Å². The molecule has 0 fully saturated rings. The minimum Gasteiger partial charge on any atom is -0.497 e. The maximum atomic E-state index is 5.28. The normalized spacial score (nSPS) is 11.5. The number of ether oxygens (including phenoxy) is 1. The van der Waals surface area contributed by atoms with E-state index < -0.39 is 0 Å². The summed E-state index contributed by atoms with van der Waals surface area (Å²) in [6.45, 7) is 0. The van der Waals surface area contributed by atoms with Gasteiger partial charge in [-0.25, -0.2) is 0 Å². The number of methoxy groups -OCH3 is 1. The summed E-state index contributed by atoms with van der Waals surface area (Å²) in [4.78, 5) is 0. The molecule has 0 unspecified atom stereocenters. The second-order valence-corrected chi connectivity index (χ2v) is 6.16. The number of benzene rings is 4. The van der Waals surface area contributed by atoms with Gasteiger partial charge in [-0.1, -0.05) is 66.7 Å². The summed E-state index contributed by atoms with van der Waals surface area (Å²) in [5.41, 5.74) is 7.85. The highest BCUT2D eigenvalue weighted by Crippen LogP contribution is 2.49. The van der Waals surface area contributed by atoms with Crippen LogP contribution in [0, 0.1) is 0 Å². The summed E-state index contributed by atoms with van der Waals surface area (Å²) in [7, 11) is 1.70. The fourth-order valence-electron chi connectivity index (χ4n) is 3.83. The molecule has 1 aliphatic carbocycles. The molecule has 0 amide bonds. The standard InChI is InChI=1S/C23H16O/c1-24-16-11-9-15(10-12-16)17-13-14-22-19-6-3-2-5-18(19)21-8-4-7-20(17)23(21)22/h2-14H,1H3. The van der Waals surface area contributed by atoms with Crippen molar-refractivity contribution < 1.29 is 4.74 Å². The highest BCUT2D eigenvalue weighted by atomic mass is 16.5. The van der Waals surface area contributed by atoms with Crippen molar-refractivity contribution in [2.75, 3.05) is 7.11 Å². The lowest BCUT2D eigenvalue weighted by Gasteiger charge is -2.10. The van der Waals surface area contributed by atoms with E-state index in [1.165, 1.54) is 44.2 Å². The second-order valence-electron chi connectivity index (χ2n) is 6.16. The van der Waals surface area contributed by atoms with E-state index in [0.29, 0.717) is 0 Å². The van der Waals surface area contributed by atoms with Crippen molar-refractivity contribution in [1.82, 2.24) is 0 Å². The lowest BCUT2D eigenvalue weighted by atomic mass is 9.94. The highest BCUT2D eigenvalue weighted by Gasteiger charge is 2.21. The number of fused-ring (bicyclic) bond motifs is 3. The van der Waals surface area contributed by atoms with Crippen LogP contribution >= 0.6 is 0 Å². The molecule has 1 aliphatic rings. The summed E-state index contributed by atoms with van der Waals surface area (Å²) in [5, 5.41) is 2.68. The zero-order chi connectivity index (χ0) is 16.1. The van der Waals surface area contributed by atoms with E-state index in [1.54, 1.807) is 7.11 Å². The topological polar surface area (TPSA) is 9.23 Å². The van der Waals surface area contributed by atoms with Crippen LogP contribution in [0.25, 0.3) is 44.2 Å². The number of rotatable bonds is 2. The van der Waals surface area contributed by atoms with Crippen molar-refractivity contribution in [3.8, 4) is 39.1 Å². The Kier molecular flexibility index (Phi) is 2.77. The molecule has 114 valence electrons. The van der Waals surface area contributed by atoms with Gasteiger partial charge in [0.2, 0.25) is 0 Å². The van der Waals surface area contributed by atoms with Crippen LogP contribution in [0.1, 0.15) is 0 Å². The first kappa shape index (κ1) is 13.4. The monoisotopic (exact) mass is 308 g/mol. The van der Waals surface area contributed by atoms with Crippen LogP contribution in [-0.4, -0.2) is 7.11 Å². The molecule has 0 saturated carbocycles. The largest absolute Gasteiger partial charge is 0.497 e. The van der Waals surface area contributed by atoms with Gasteiger partial charge in [-0.2, -0.15) is 0 Å². The summed E-state index contributed by atoms with van der Waals surface area (Å²) < 4.78 is 5.28.